The van der Waals surface area contributed by atoms with E-state index in [4.69, 9.17) is 0 Å². The van der Waals surface area contributed by atoms with Crippen molar-refractivity contribution in [3.8, 4) is 33.6 Å². The third-order valence-corrected chi connectivity index (χ3v) is 11.5. The molecule has 0 unspecified atom stereocenters. The van der Waals surface area contributed by atoms with Gasteiger partial charge in [0.15, 0.2) is 0 Å². The van der Waals surface area contributed by atoms with Crippen molar-refractivity contribution < 1.29 is 0 Å². The number of nitrogens with zero attached hydrogens (tertiary/aromatic N) is 3. The molecule has 0 atom stereocenters. The SMILES string of the molecule is c1ccc(-n2c3ccccc3c3cc(-c4ccc5c(c4)c4ccccc4n5-c4cccc(-c5ccc6sc7cnccc7c6c5)c4)ccc32)cc1. The highest BCUT2D eigenvalue weighted by molar-refractivity contribution is 7.25. The summed E-state index contributed by atoms with van der Waals surface area (Å²) in [4.78, 5) is 4.34. The minimum absolute atomic E-state index is 1.15. The van der Waals surface area contributed by atoms with Crippen LogP contribution < -0.4 is 0 Å². The van der Waals surface area contributed by atoms with Crippen LogP contribution in [-0.2, 0) is 0 Å². The Morgan fingerprint density at radius 3 is 1.61 bits per heavy atom. The zero-order valence-electron chi connectivity index (χ0n) is 27.5. The molecule has 11 aromatic rings. The van der Waals surface area contributed by atoms with Gasteiger partial charge in [0.1, 0.15) is 0 Å². The molecule has 0 aliphatic heterocycles. The van der Waals surface area contributed by atoms with Crippen LogP contribution in [0.2, 0.25) is 0 Å². The van der Waals surface area contributed by atoms with Crippen LogP contribution in [0.15, 0.2) is 176 Å². The molecule has 3 nitrogen and oxygen atoms in total. The summed E-state index contributed by atoms with van der Waals surface area (Å²) in [6.07, 6.45) is 3.86. The highest BCUT2D eigenvalue weighted by atomic mass is 32.1. The first-order chi connectivity index (χ1) is 25.3. The van der Waals surface area contributed by atoms with Gasteiger partial charge in [-0.05, 0) is 101 Å². The van der Waals surface area contributed by atoms with Gasteiger partial charge < -0.3 is 9.13 Å². The molecule has 4 aromatic heterocycles. The van der Waals surface area contributed by atoms with E-state index in [0.29, 0.717) is 0 Å². The van der Waals surface area contributed by atoms with E-state index < -0.39 is 0 Å². The zero-order valence-corrected chi connectivity index (χ0v) is 28.3. The molecule has 4 heteroatoms. The van der Waals surface area contributed by atoms with Crippen molar-refractivity contribution in [2.75, 3.05) is 0 Å². The first-order valence-corrected chi connectivity index (χ1v) is 18.1. The Hall–Kier alpha value is -6.49. The predicted octanol–water partition coefficient (Wildman–Crippen LogP) is 13.0. The molecule has 0 radical (unpaired) electrons. The maximum absolute atomic E-state index is 4.34. The summed E-state index contributed by atoms with van der Waals surface area (Å²) in [6, 6.07) is 59.9. The topological polar surface area (TPSA) is 22.8 Å². The van der Waals surface area contributed by atoms with Crippen LogP contribution in [0.4, 0.5) is 0 Å². The lowest BCUT2D eigenvalue weighted by Crippen LogP contribution is -1.94. The second kappa shape index (κ2) is 11.0. The van der Waals surface area contributed by atoms with Gasteiger partial charge in [-0.2, -0.15) is 0 Å². The highest BCUT2D eigenvalue weighted by Crippen LogP contribution is 2.40. The smallest absolute Gasteiger partial charge is 0.0541 e. The lowest BCUT2D eigenvalue weighted by Gasteiger charge is -2.11. The number of hydrogen-bond donors (Lipinski definition) is 0. The fourth-order valence-corrected chi connectivity index (χ4v) is 9.13. The van der Waals surface area contributed by atoms with E-state index in [1.165, 1.54) is 91.7 Å². The normalized spacial score (nSPS) is 11.9. The van der Waals surface area contributed by atoms with Gasteiger partial charge in [-0.15, -0.1) is 11.3 Å². The highest BCUT2D eigenvalue weighted by Gasteiger charge is 2.16. The lowest BCUT2D eigenvalue weighted by atomic mass is 10.0. The van der Waals surface area contributed by atoms with Gasteiger partial charge in [-0.25, -0.2) is 0 Å². The lowest BCUT2D eigenvalue weighted by molar-refractivity contribution is 1.18. The molecule has 4 heterocycles. The molecule has 0 fully saturated rings. The largest absolute Gasteiger partial charge is 0.309 e. The van der Waals surface area contributed by atoms with E-state index in [-0.39, 0.29) is 0 Å². The molecule has 0 spiro atoms. The van der Waals surface area contributed by atoms with Crippen LogP contribution >= 0.6 is 11.3 Å². The minimum Gasteiger partial charge on any atom is -0.309 e. The molecule has 0 aliphatic carbocycles. The van der Waals surface area contributed by atoms with Crippen LogP contribution in [0.5, 0.6) is 0 Å². The summed E-state index contributed by atoms with van der Waals surface area (Å²) in [5.74, 6) is 0. The fraction of sp³-hybridized carbons (Fsp3) is 0. The first-order valence-electron chi connectivity index (χ1n) is 17.3. The van der Waals surface area contributed by atoms with Gasteiger partial charge >= 0.3 is 0 Å². The Kier molecular flexibility index (Phi) is 6.12. The van der Waals surface area contributed by atoms with Gasteiger partial charge in [0, 0.05) is 60.8 Å². The summed E-state index contributed by atoms with van der Waals surface area (Å²) >= 11 is 1.80. The zero-order chi connectivity index (χ0) is 33.5. The molecule has 0 saturated heterocycles. The molecular formula is C47H29N3S. The predicted molar refractivity (Wildman–Crippen MR) is 217 cm³/mol. The standard InChI is InChI=1S/C47H29N3S/c1-2-10-34(11-3-1)49-42-15-6-4-13-36(42)39-26-31(17-20-44(39)49)32-18-21-45-40(27-32)37-14-5-7-16-43(37)50(45)35-12-8-9-30(25-35)33-19-22-46-41(28-33)38-23-24-48-29-47(38)51-46/h1-29H. The molecular weight excluding hydrogens is 639 g/mol. The second-order valence-electron chi connectivity index (χ2n) is 13.2. The van der Waals surface area contributed by atoms with E-state index in [1.807, 2.05) is 12.4 Å². The molecule has 0 saturated carbocycles. The summed E-state index contributed by atoms with van der Waals surface area (Å²) in [5.41, 5.74) is 12.0. The Morgan fingerprint density at radius 1 is 0.353 bits per heavy atom. The van der Waals surface area contributed by atoms with Gasteiger partial charge in [-0.1, -0.05) is 84.9 Å². The minimum atomic E-state index is 1.15. The van der Waals surface area contributed by atoms with Crippen molar-refractivity contribution in [1.82, 2.24) is 14.1 Å². The molecule has 7 aromatic carbocycles. The van der Waals surface area contributed by atoms with E-state index in [0.717, 1.165) is 5.69 Å². The Morgan fingerprint density at radius 2 is 0.902 bits per heavy atom. The quantitative estimate of drug-likeness (QED) is 0.183. The number of rotatable bonds is 4. The van der Waals surface area contributed by atoms with Crippen molar-refractivity contribution in [2.24, 2.45) is 0 Å². The summed E-state index contributed by atoms with van der Waals surface area (Å²) in [7, 11) is 0. The molecule has 0 bridgehead atoms. The number of hydrogen-bond acceptors (Lipinski definition) is 2. The third-order valence-electron chi connectivity index (χ3n) is 10.4. The number of thiophene rings is 1. The maximum atomic E-state index is 4.34. The maximum Gasteiger partial charge on any atom is 0.0541 e. The van der Waals surface area contributed by atoms with Crippen LogP contribution in [0.1, 0.15) is 0 Å². The van der Waals surface area contributed by atoms with Gasteiger partial charge in [-0.3, -0.25) is 4.98 Å². The molecule has 11 rings (SSSR count). The number of benzene rings is 7. The number of para-hydroxylation sites is 3. The average Bonchev–Trinajstić information content (AvgIpc) is 3.85. The van der Waals surface area contributed by atoms with Crippen molar-refractivity contribution in [2.45, 2.75) is 0 Å². The summed E-state index contributed by atoms with van der Waals surface area (Å²) in [6.45, 7) is 0. The summed E-state index contributed by atoms with van der Waals surface area (Å²) < 4.78 is 7.30. The molecule has 0 N–H and O–H groups in total. The first kappa shape index (κ1) is 28.4. The third kappa shape index (κ3) is 4.33. The fourth-order valence-electron chi connectivity index (χ4n) is 8.07. The second-order valence-corrected chi connectivity index (χ2v) is 14.3. The van der Waals surface area contributed by atoms with Gasteiger partial charge in [0.05, 0.1) is 26.8 Å². The van der Waals surface area contributed by atoms with E-state index >= 15 is 0 Å². The van der Waals surface area contributed by atoms with Crippen LogP contribution in [0.3, 0.4) is 0 Å². The Bertz CT molecular complexity index is 3140. The van der Waals surface area contributed by atoms with Gasteiger partial charge in [0.25, 0.3) is 0 Å². The van der Waals surface area contributed by atoms with Crippen LogP contribution in [0, 0.1) is 0 Å². The van der Waals surface area contributed by atoms with Crippen molar-refractivity contribution in [3.63, 3.8) is 0 Å². The molecule has 0 amide bonds. The Labute approximate surface area is 297 Å². The molecule has 0 aliphatic rings. The van der Waals surface area contributed by atoms with Crippen molar-refractivity contribution >= 4 is 75.1 Å². The number of aromatic nitrogens is 3. The van der Waals surface area contributed by atoms with E-state index in [2.05, 4.69) is 178 Å². The van der Waals surface area contributed by atoms with E-state index in [1.54, 1.807) is 11.3 Å². The molecule has 51 heavy (non-hydrogen) atoms. The average molecular weight is 668 g/mol. The Balaban J connectivity index is 1.06. The van der Waals surface area contributed by atoms with E-state index in [9.17, 15) is 0 Å². The van der Waals surface area contributed by atoms with Crippen LogP contribution in [-0.4, -0.2) is 14.1 Å². The summed E-state index contributed by atoms with van der Waals surface area (Å²) in [5, 5.41) is 7.58. The monoisotopic (exact) mass is 667 g/mol. The number of pyridine rings is 1. The van der Waals surface area contributed by atoms with Crippen molar-refractivity contribution in [3.05, 3.63) is 176 Å². The van der Waals surface area contributed by atoms with Crippen LogP contribution in [0.25, 0.3) is 97.4 Å². The van der Waals surface area contributed by atoms with Gasteiger partial charge in [0.2, 0.25) is 0 Å². The molecule has 238 valence electrons. The van der Waals surface area contributed by atoms with Crippen molar-refractivity contribution in [1.29, 1.82) is 0 Å². The number of fused-ring (bicyclic) bond motifs is 9.